The zero-order chi connectivity index (χ0) is 15.2. The van der Waals surface area contributed by atoms with E-state index in [0.29, 0.717) is 6.10 Å². The van der Waals surface area contributed by atoms with E-state index < -0.39 is 0 Å². The summed E-state index contributed by atoms with van der Waals surface area (Å²) in [7, 11) is 0. The summed E-state index contributed by atoms with van der Waals surface area (Å²) in [5, 5.41) is 4.09. The molecule has 0 spiro atoms. The summed E-state index contributed by atoms with van der Waals surface area (Å²) in [6.45, 7) is 6.32. The molecule has 0 amide bonds. The minimum absolute atomic E-state index is 0.209. The van der Waals surface area contributed by atoms with Crippen LogP contribution in [0, 0.1) is 0 Å². The van der Waals surface area contributed by atoms with E-state index in [-0.39, 0.29) is 6.10 Å². The van der Waals surface area contributed by atoms with Crippen molar-refractivity contribution in [3.05, 3.63) is 29.8 Å². The molecule has 120 valence electrons. The van der Waals surface area contributed by atoms with Crippen molar-refractivity contribution in [1.29, 1.82) is 0 Å². The Morgan fingerprint density at radius 1 is 1.18 bits per heavy atom. The highest BCUT2D eigenvalue weighted by molar-refractivity contribution is 5.79. The van der Waals surface area contributed by atoms with E-state index in [1.165, 1.54) is 5.69 Å². The number of hydrogen-bond acceptors (Lipinski definition) is 5. The third kappa shape index (κ3) is 3.99. The molecule has 2 aliphatic rings. The highest BCUT2D eigenvalue weighted by Crippen LogP contribution is 2.26. The van der Waals surface area contributed by atoms with Crippen LogP contribution in [0.3, 0.4) is 0 Å². The Hall–Kier alpha value is -1.59. The first-order chi connectivity index (χ1) is 10.8. The van der Waals surface area contributed by atoms with Gasteiger partial charge in [0.2, 0.25) is 0 Å². The lowest BCUT2D eigenvalue weighted by Crippen LogP contribution is -2.36. The number of anilines is 1. The van der Waals surface area contributed by atoms with Gasteiger partial charge in [0.15, 0.2) is 0 Å². The molecule has 1 saturated carbocycles. The Kier molecular flexibility index (Phi) is 5.29. The van der Waals surface area contributed by atoms with Crippen molar-refractivity contribution in [2.24, 2.45) is 5.16 Å². The molecule has 1 saturated heterocycles. The largest absolute Gasteiger partial charge is 0.392 e. The van der Waals surface area contributed by atoms with Crippen molar-refractivity contribution in [2.75, 3.05) is 37.8 Å². The topological polar surface area (TPSA) is 43.3 Å². The molecular weight excluding hydrogens is 280 g/mol. The Morgan fingerprint density at radius 2 is 1.91 bits per heavy atom. The first-order valence-electron chi connectivity index (χ1n) is 8.08. The van der Waals surface area contributed by atoms with Gasteiger partial charge in [0, 0.05) is 38.2 Å². The van der Waals surface area contributed by atoms with Crippen molar-refractivity contribution in [3.63, 3.8) is 0 Å². The van der Waals surface area contributed by atoms with Gasteiger partial charge in [-0.3, -0.25) is 0 Å². The highest BCUT2D eigenvalue weighted by Gasteiger charge is 2.31. The molecule has 0 bridgehead atoms. The smallest absolute Gasteiger partial charge is 0.132 e. The van der Waals surface area contributed by atoms with Gasteiger partial charge >= 0.3 is 0 Å². The lowest BCUT2D eigenvalue weighted by molar-refractivity contribution is -0.0971. The molecule has 3 rings (SSSR count). The molecule has 2 fully saturated rings. The maximum Gasteiger partial charge on any atom is 0.132 e. The number of morpholine rings is 1. The van der Waals surface area contributed by atoms with Crippen LogP contribution in [0.15, 0.2) is 29.4 Å². The van der Waals surface area contributed by atoms with Crippen LogP contribution in [0.1, 0.15) is 25.3 Å². The number of benzene rings is 1. The molecule has 1 aromatic rings. The quantitative estimate of drug-likeness (QED) is 0.598. The predicted molar refractivity (Wildman–Crippen MR) is 86.6 cm³/mol. The average molecular weight is 304 g/mol. The predicted octanol–water partition coefficient (Wildman–Crippen LogP) is 2.44. The zero-order valence-corrected chi connectivity index (χ0v) is 13.1. The Balaban J connectivity index is 1.44. The number of rotatable bonds is 6. The summed E-state index contributed by atoms with van der Waals surface area (Å²) in [6.07, 6.45) is 4.23. The van der Waals surface area contributed by atoms with Crippen molar-refractivity contribution in [2.45, 2.75) is 32.0 Å². The van der Waals surface area contributed by atoms with Crippen LogP contribution in [0.25, 0.3) is 0 Å². The number of ether oxygens (including phenoxy) is 2. The van der Waals surface area contributed by atoms with Crippen LogP contribution in [-0.4, -0.2) is 51.3 Å². The lowest BCUT2D eigenvalue weighted by Gasteiger charge is -2.32. The average Bonchev–Trinajstić information content (AvgIpc) is 2.54. The van der Waals surface area contributed by atoms with Crippen molar-refractivity contribution >= 4 is 11.9 Å². The third-order valence-corrected chi connectivity index (χ3v) is 4.13. The monoisotopic (exact) mass is 304 g/mol. The summed E-state index contributed by atoms with van der Waals surface area (Å²) >= 11 is 0. The van der Waals surface area contributed by atoms with Crippen LogP contribution in [-0.2, 0) is 14.3 Å². The number of hydrogen-bond donors (Lipinski definition) is 0. The molecule has 5 nitrogen and oxygen atoms in total. The van der Waals surface area contributed by atoms with Crippen LogP contribution < -0.4 is 4.90 Å². The van der Waals surface area contributed by atoms with Gasteiger partial charge in [0.25, 0.3) is 0 Å². The first-order valence-corrected chi connectivity index (χ1v) is 8.08. The third-order valence-electron chi connectivity index (χ3n) is 4.13. The van der Waals surface area contributed by atoms with Crippen LogP contribution in [0.5, 0.6) is 0 Å². The molecule has 0 atom stereocenters. The molecule has 1 aliphatic carbocycles. The Morgan fingerprint density at radius 3 is 2.59 bits per heavy atom. The van der Waals surface area contributed by atoms with E-state index in [2.05, 4.69) is 34.3 Å². The summed E-state index contributed by atoms with van der Waals surface area (Å²) < 4.78 is 10.9. The molecule has 0 aromatic heterocycles. The Labute approximate surface area is 131 Å². The van der Waals surface area contributed by atoms with Gasteiger partial charge in [-0.1, -0.05) is 17.3 Å². The van der Waals surface area contributed by atoms with E-state index in [9.17, 15) is 0 Å². The van der Waals surface area contributed by atoms with Gasteiger partial charge in [-0.25, -0.2) is 0 Å². The van der Waals surface area contributed by atoms with Gasteiger partial charge in [-0.2, -0.15) is 0 Å². The fourth-order valence-electron chi connectivity index (χ4n) is 2.75. The normalized spacial score (nSPS) is 25.2. The van der Waals surface area contributed by atoms with E-state index in [0.717, 1.165) is 51.3 Å². The SMILES string of the molecule is CCOC1CC(O/N=C/c2ccc(N3CCOCC3)cc2)C1. The fourth-order valence-corrected chi connectivity index (χ4v) is 2.75. The van der Waals surface area contributed by atoms with Gasteiger partial charge in [0.1, 0.15) is 6.10 Å². The molecule has 0 radical (unpaired) electrons. The second kappa shape index (κ2) is 7.61. The van der Waals surface area contributed by atoms with Crippen LogP contribution >= 0.6 is 0 Å². The first kappa shape index (κ1) is 15.3. The van der Waals surface area contributed by atoms with Crippen molar-refractivity contribution < 1.29 is 14.3 Å². The second-order valence-corrected chi connectivity index (χ2v) is 5.70. The van der Waals surface area contributed by atoms with Gasteiger partial charge in [-0.15, -0.1) is 0 Å². The molecule has 5 heteroatoms. The molecule has 1 aromatic carbocycles. The molecule has 22 heavy (non-hydrogen) atoms. The summed E-state index contributed by atoms with van der Waals surface area (Å²) in [6, 6.07) is 8.39. The minimum Gasteiger partial charge on any atom is -0.392 e. The molecule has 0 N–H and O–H groups in total. The summed E-state index contributed by atoms with van der Waals surface area (Å²) in [5.41, 5.74) is 2.29. The summed E-state index contributed by atoms with van der Waals surface area (Å²) in [4.78, 5) is 7.80. The van der Waals surface area contributed by atoms with E-state index in [4.69, 9.17) is 14.3 Å². The van der Waals surface area contributed by atoms with Crippen molar-refractivity contribution in [3.8, 4) is 0 Å². The molecule has 0 unspecified atom stereocenters. The zero-order valence-electron chi connectivity index (χ0n) is 13.1. The number of oxime groups is 1. The van der Waals surface area contributed by atoms with Crippen LogP contribution in [0.4, 0.5) is 5.69 Å². The number of nitrogens with zero attached hydrogens (tertiary/aromatic N) is 2. The van der Waals surface area contributed by atoms with Gasteiger partial charge < -0.3 is 19.2 Å². The van der Waals surface area contributed by atoms with E-state index in [1.807, 2.05) is 6.92 Å². The van der Waals surface area contributed by atoms with Gasteiger partial charge in [0.05, 0.1) is 25.5 Å². The standard InChI is InChI=1S/C17H24N2O3/c1-2-21-16-11-17(12-16)22-18-13-14-3-5-15(6-4-14)19-7-9-20-10-8-19/h3-6,13,16-17H,2,7-12H2,1H3/b18-13+. The minimum atomic E-state index is 0.209. The van der Waals surface area contributed by atoms with Gasteiger partial charge in [-0.05, 0) is 24.6 Å². The van der Waals surface area contributed by atoms with E-state index >= 15 is 0 Å². The van der Waals surface area contributed by atoms with Crippen molar-refractivity contribution in [1.82, 2.24) is 0 Å². The Bertz CT molecular complexity index is 477. The molecule has 1 aliphatic heterocycles. The van der Waals surface area contributed by atoms with Crippen LogP contribution in [0.2, 0.25) is 0 Å². The highest BCUT2D eigenvalue weighted by atomic mass is 16.6. The lowest BCUT2D eigenvalue weighted by atomic mass is 9.92. The molecule has 1 heterocycles. The second-order valence-electron chi connectivity index (χ2n) is 5.70. The van der Waals surface area contributed by atoms with E-state index in [1.54, 1.807) is 6.21 Å². The summed E-state index contributed by atoms with van der Waals surface area (Å²) in [5.74, 6) is 0. The maximum absolute atomic E-state index is 5.50. The maximum atomic E-state index is 5.50. The molecular formula is C17H24N2O3. The fraction of sp³-hybridized carbons (Fsp3) is 0.588.